The summed E-state index contributed by atoms with van der Waals surface area (Å²) in [7, 11) is -4.53. The van der Waals surface area contributed by atoms with Gasteiger partial charge >= 0.3 is 6.18 Å². The quantitative estimate of drug-likeness (QED) is 0.342. The van der Waals surface area contributed by atoms with Gasteiger partial charge in [0.1, 0.15) is 6.04 Å². The predicted octanol–water partition coefficient (Wildman–Crippen LogP) is 6.07. The van der Waals surface area contributed by atoms with Crippen molar-refractivity contribution in [2.75, 3.05) is 0 Å². The summed E-state index contributed by atoms with van der Waals surface area (Å²) in [6.07, 6.45) is -3.60. The van der Waals surface area contributed by atoms with Crippen LogP contribution in [0, 0.1) is 32.1 Å². The molecule has 1 N–H and O–H groups in total. The Labute approximate surface area is 207 Å². The molecule has 0 bridgehead atoms. The maximum absolute atomic E-state index is 14.4. The Morgan fingerprint density at radius 3 is 2.22 bits per heavy atom. The van der Waals surface area contributed by atoms with E-state index in [1.807, 2.05) is 41.1 Å². The number of sulfonamides is 1. The number of alkyl halides is 3. The minimum absolute atomic E-state index is 0.165. The van der Waals surface area contributed by atoms with Gasteiger partial charge in [-0.3, -0.25) is 0 Å². The first-order chi connectivity index (χ1) is 16.9. The lowest BCUT2D eigenvalue weighted by Crippen LogP contribution is -2.38. The number of fused-ring (bicyclic) bond motifs is 1. The first kappa shape index (κ1) is 25.5. The zero-order chi connectivity index (χ0) is 26.3. The summed E-state index contributed by atoms with van der Waals surface area (Å²) in [6.45, 7) is 5.16. The number of benzene rings is 3. The zero-order valence-corrected chi connectivity index (χ0v) is 20.7. The van der Waals surface area contributed by atoms with E-state index in [0.29, 0.717) is 16.6 Å². The molecule has 0 saturated heterocycles. The van der Waals surface area contributed by atoms with Crippen LogP contribution in [0.2, 0.25) is 0 Å². The standard InChI is InChI=1S/C27H24F3N3O2S/c1-17-11-18(2)25(19(3)12-17)36(34,35)32-26(27(28,29)30)23-16-33(15-20-7-5-4-6-8-20)24-13-21(14-31)9-10-22(23)24/h4-13,16,26,32H,15H2,1-3H3. The van der Waals surface area contributed by atoms with Gasteiger partial charge in [-0.2, -0.15) is 23.2 Å². The molecule has 1 atom stereocenters. The number of rotatable bonds is 6. The molecule has 0 fully saturated rings. The Balaban J connectivity index is 1.87. The normalized spacial score (nSPS) is 13.0. The molecule has 0 radical (unpaired) electrons. The Morgan fingerprint density at radius 2 is 1.64 bits per heavy atom. The number of halogens is 3. The molecule has 3 aromatic carbocycles. The van der Waals surface area contributed by atoms with Gasteiger partial charge in [-0.1, -0.05) is 54.1 Å². The van der Waals surface area contributed by atoms with E-state index >= 15 is 0 Å². The summed E-state index contributed by atoms with van der Waals surface area (Å²) >= 11 is 0. The Bertz CT molecular complexity index is 1560. The topological polar surface area (TPSA) is 74.9 Å². The lowest BCUT2D eigenvalue weighted by Gasteiger charge is -2.23. The summed E-state index contributed by atoms with van der Waals surface area (Å²) in [4.78, 5) is -0.165. The van der Waals surface area contributed by atoms with Crippen molar-refractivity contribution >= 4 is 20.9 Å². The van der Waals surface area contributed by atoms with Gasteiger partial charge < -0.3 is 4.57 Å². The first-order valence-corrected chi connectivity index (χ1v) is 12.6. The Kier molecular flexibility index (Phi) is 6.69. The third kappa shape index (κ3) is 5.01. The highest BCUT2D eigenvalue weighted by atomic mass is 32.2. The highest BCUT2D eigenvalue weighted by molar-refractivity contribution is 7.89. The molecule has 4 rings (SSSR count). The number of nitrogens with one attached hydrogen (secondary N) is 1. The molecule has 0 aliphatic carbocycles. The van der Waals surface area contributed by atoms with Crippen molar-refractivity contribution < 1.29 is 21.6 Å². The predicted molar refractivity (Wildman–Crippen MR) is 132 cm³/mol. The average molecular weight is 512 g/mol. The maximum Gasteiger partial charge on any atom is 0.408 e. The second kappa shape index (κ2) is 9.45. The fourth-order valence-corrected chi connectivity index (χ4v) is 6.30. The number of aromatic nitrogens is 1. The fourth-order valence-electron chi connectivity index (χ4n) is 4.64. The second-order valence-corrected chi connectivity index (χ2v) is 10.5. The van der Waals surface area contributed by atoms with Crippen LogP contribution in [0.4, 0.5) is 13.2 Å². The van der Waals surface area contributed by atoms with Crippen LogP contribution in [0.3, 0.4) is 0 Å². The highest BCUT2D eigenvalue weighted by Gasteiger charge is 2.45. The van der Waals surface area contributed by atoms with Gasteiger partial charge in [-0.25, -0.2) is 8.42 Å². The molecule has 186 valence electrons. The first-order valence-electron chi connectivity index (χ1n) is 11.1. The van der Waals surface area contributed by atoms with Crippen molar-refractivity contribution in [2.45, 2.75) is 44.4 Å². The number of nitriles is 1. The lowest BCUT2D eigenvalue weighted by molar-refractivity contribution is -0.152. The number of aryl methyl sites for hydroxylation is 3. The van der Waals surface area contributed by atoms with Crippen molar-refractivity contribution in [2.24, 2.45) is 0 Å². The van der Waals surface area contributed by atoms with Crippen LogP contribution in [0.25, 0.3) is 10.9 Å². The van der Waals surface area contributed by atoms with Crippen molar-refractivity contribution in [3.05, 3.63) is 100 Å². The molecular weight excluding hydrogens is 487 g/mol. The Hall–Kier alpha value is -3.61. The van der Waals surface area contributed by atoms with Crippen molar-refractivity contribution in [3.63, 3.8) is 0 Å². The smallest absolute Gasteiger partial charge is 0.343 e. The summed E-state index contributed by atoms with van der Waals surface area (Å²) in [5, 5.41) is 9.56. The van der Waals surface area contributed by atoms with Crippen LogP contribution in [0.15, 0.2) is 71.8 Å². The molecule has 36 heavy (non-hydrogen) atoms. The largest absolute Gasteiger partial charge is 0.408 e. The van der Waals surface area contributed by atoms with Crippen molar-refractivity contribution in [1.29, 1.82) is 5.26 Å². The monoisotopic (exact) mass is 511 g/mol. The van der Waals surface area contributed by atoms with Gasteiger partial charge in [0, 0.05) is 29.2 Å². The summed E-state index contributed by atoms with van der Waals surface area (Å²) in [5.74, 6) is 0. The van der Waals surface area contributed by atoms with Gasteiger partial charge in [0.2, 0.25) is 10.0 Å². The third-order valence-electron chi connectivity index (χ3n) is 6.02. The summed E-state index contributed by atoms with van der Waals surface area (Å²) in [6, 6.07) is 16.3. The average Bonchev–Trinajstić information content (AvgIpc) is 3.13. The molecule has 5 nitrogen and oxygen atoms in total. The van der Waals surface area contributed by atoms with E-state index in [4.69, 9.17) is 0 Å². The van der Waals surface area contributed by atoms with E-state index in [-0.39, 0.29) is 28.0 Å². The molecule has 0 saturated carbocycles. The summed E-state index contributed by atoms with van der Waals surface area (Å²) < 4.78 is 73.4. The zero-order valence-electron chi connectivity index (χ0n) is 19.9. The van der Waals surface area contributed by atoms with Crippen LogP contribution in [-0.4, -0.2) is 19.2 Å². The van der Waals surface area contributed by atoms with Gasteiger partial charge in [0.15, 0.2) is 0 Å². The summed E-state index contributed by atoms with van der Waals surface area (Å²) in [5.41, 5.74) is 2.86. The molecule has 4 aromatic rings. The molecule has 1 unspecified atom stereocenters. The number of nitrogens with zero attached hydrogens (tertiary/aromatic N) is 2. The molecular formula is C27H24F3N3O2S. The molecule has 9 heteroatoms. The highest BCUT2D eigenvalue weighted by Crippen LogP contribution is 2.39. The lowest BCUT2D eigenvalue weighted by atomic mass is 10.0. The van der Waals surface area contributed by atoms with E-state index in [1.165, 1.54) is 24.4 Å². The van der Waals surface area contributed by atoms with Gasteiger partial charge in [-0.15, -0.1) is 0 Å². The minimum atomic E-state index is -4.92. The van der Waals surface area contributed by atoms with E-state index in [9.17, 15) is 26.9 Å². The van der Waals surface area contributed by atoms with Crippen LogP contribution in [0.5, 0.6) is 0 Å². The third-order valence-corrected chi connectivity index (χ3v) is 7.75. The van der Waals surface area contributed by atoms with Crippen molar-refractivity contribution in [3.8, 4) is 6.07 Å². The fraction of sp³-hybridized carbons (Fsp3) is 0.222. The maximum atomic E-state index is 14.4. The van der Waals surface area contributed by atoms with Gasteiger partial charge in [0.25, 0.3) is 0 Å². The van der Waals surface area contributed by atoms with E-state index in [0.717, 1.165) is 11.1 Å². The van der Waals surface area contributed by atoms with Gasteiger partial charge in [0.05, 0.1) is 16.5 Å². The number of hydrogen-bond acceptors (Lipinski definition) is 3. The van der Waals surface area contributed by atoms with Gasteiger partial charge in [-0.05, 0) is 49.6 Å². The van der Waals surface area contributed by atoms with Crippen LogP contribution in [-0.2, 0) is 16.6 Å². The molecule has 0 amide bonds. The van der Waals surface area contributed by atoms with Crippen LogP contribution < -0.4 is 4.72 Å². The SMILES string of the molecule is Cc1cc(C)c(S(=O)(=O)NC(c2cn(Cc3ccccc3)c3cc(C#N)ccc23)C(F)(F)F)c(C)c1. The van der Waals surface area contributed by atoms with E-state index < -0.39 is 22.2 Å². The Morgan fingerprint density at radius 1 is 1.00 bits per heavy atom. The van der Waals surface area contributed by atoms with Crippen molar-refractivity contribution in [1.82, 2.24) is 9.29 Å². The van der Waals surface area contributed by atoms with E-state index in [1.54, 1.807) is 37.5 Å². The van der Waals surface area contributed by atoms with E-state index in [2.05, 4.69) is 0 Å². The second-order valence-electron chi connectivity index (χ2n) is 8.87. The molecule has 1 heterocycles. The molecule has 1 aromatic heterocycles. The number of hydrogen-bond donors (Lipinski definition) is 1. The molecule has 0 aliphatic heterocycles. The van der Waals surface area contributed by atoms with Crippen LogP contribution in [0.1, 0.15) is 39.4 Å². The molecule has 0 spiro atoms. The molecule has 0 aliphatic rings. The van der Waals surface area contributed by atoms with Crippen LogP contribution >= 0.6 is 0 Å². The minimum Gasteiger partial charge on any atom is -0.343 e.